The van der Waals surface area contributed by atoms with Crippen molar-refractivity contribution in [2.75, 3.05) is 38.3 Å². The molecule has 1 atom stereocenters. The molecule has 2 N–H and O–H groups in total. The van der Waals surface area contributed by atoms with Gasteiger partial charge in [-0.1, -0.05) is 12.1 Å². The summed E-state index contributed by atoms with van der Waals surface area (Å²) in [4.78, 5) is 23.1. The maximum absolute atomic E-state index is 10.2. The Balaban J connectivity index is 1.42. The number of ether oxygens (including phenoxy) is 1. The topological polar surface area (TPSA) is 93.1 Å². The van der Waals surface area contributed by atoms with Gasteiger partial charge < -0.3 is 14.6 Å². The van der Waals surface area contributed by atoms with E-state index in [4.69, 9.17) is 14.7 Å². The summed E-state index contributed by atoms with van der Waals surface area (Å²) < 4.78 is 6.66. The van der Waals surface area contributed by atoms with Crippen LogP contribution < -0.4 is 4.90 Å². The molecule has 0 aliphatic carbocycles. The molecule has 174 valence electrons. The maximum Gasteiger partial charge on any atom is 0.201 e. The SMILES string of the molecule is CN(Cc1cc2nc(-c3cccc4[nH]ccc34)nc(N3CCOCC3)c2s1)C1N=CC=CN1O. The van der Waals surface area contributed by atoms with Crippen molar-refractivity contribution < 1.29 is 9.94 Å². The number of aromatic nitrogens is 3. The third-order valence-electron chi connectivity index (χ3n) is 6.13. The lowest BCUT2D eigenvalue weighted by Gasteiger charge is -2.30. The Kier molecular flexibility index (Phi) is 5.50. The molecule has 4 aromatic rings. The van der Waals surface area contributed by atoms with Crippen LogP contribution in [0.15, 0.2) is 53.8 Å². The molecular weight excluding hydrogens is 450 g/mol. The third kappa shape index (κ3) is 3.84. The standard InChI is InChI=1S/C24H25N7O2S/c1-29(24-26-7-3-9-31(24)32)15-16-14-20-21(34-16)23(30-10-12-33-13-11-30)28-22(27-20)18-4-2-5-19-17(18)6-8-25-19/h2-9,14,24-25,32H,10-13,15H2,1H3. The Morgan fingerprint density at radius 3 is 2.97 bits per heavy atom. The zero-order chi connectivity index (χ0) is 23.1. The number of aliphatic imine (C=N–C) groups is 1. The van der Waals surface area contributed by atoms with E-state index in [1.165, 1.54) is 0 Å². The predicted octanol–water partition coefficient (Wildman–Crippen LogP) is 3.68. The van der Waals surface area contributed by atoms with Crippen LogP contribution in [0.3, 0.4) is 0 Å². The highest BCUT2D eigenvalue weighted by atomic mass is 32.1. The van der Waals surface area contributed by atoms with Gasteiger partial charge in [0.1, 0.15) is 0 Å². The van der Waals surface area contributed by atoms with Crippen LogP contribution in [0.1, 0.15) is 4.88 Å². The Labute approximate surface area is 200 Å². The highest BCUT2D eigenvalue weighted by Gasteiger charge is 2.23. The second kappa shape index (κ2) is 8.80. The smallest absolute Gasteiger partial charge is 0.201 e. The van der Waals surface area contributed by atoms with Gasteiger partial charge in [0.15, 0.2) is 11.6 Å². The van der Waals surface area contributed by atoms with E-state index in [2.05, 4.69) is 39.1 Å². The van der Waals surface area contributed by atoms with Crippen molar-refractivity contribution in [3.05, 3.63) is 53.7 Å². The van der Waals surface area contributed by atoms with Crippen LogP contribution in [0.4, 0.5) is 5.82 Å². The van der Waals surface area contributed by atoms with Crippen molar-refractivity contribution in [1.82, 2.24) is 24.9 Å². The molecule has 0 spiro atoms. The second-order valence-corrected chi connectivity index (χ2v) is 9.56. The summed E-state index contributed by atoms with van der Waals surface area (Å²) in [6.45, 7) is 3.61. The van der Waals surface area contributed by atoms with E-state index in [0.29, 0.717) is 19.8 Å². The molecule has 5 heterocycles. The Morgan fingerprint density at radius 2 is 2.12 bits per heavy atom. The first-order valence-electron chi connectivity index (χ1n) is 11.2. The number of hydrogen-bond donors (Lipinski definition) is 2. The van der Waals surface area contributed by atoms with Crippen molar-refractivity contribution >= 4 is 44.5 Å². The van der Waals surface area contributed by atoms with E-state index in [-0.39, 0.29) is 0 Å². The molecule has 10 heteroatoms. The molecule has 1 unspecified atom stereocenters. The average Bonchev–Trinajstić information content (AvgIpc) is 3.50. The van der Waals surface area contributed by atoms with Crippen LogP contribution in [0, 0.1) is 0 Å². The lowest BCUT2D eigenvalue weighted by atomic mass is 10.1. The minimum absolute atomic E-state index is 0.457. The van der Waals surface area contributed by atoms with Crippen LogP contribution in [0.2, 0.25) is 0 Å². The Hall–Kier alpha value is -3.31. The summed E-state index contributed by atoms with van der Waals surface area (Å²) in [5.41, 5.74) is 3.01. The second-order valence-electron chi connectivity index (χ2n) is 8.42. The molecular formula is C24H25N7O2S. The molecule has 0 radical (unpaired) electrons. The lowest BCUT2D eigenvalue weighted by molar-refractivity contribution is -0.125. The minimum atomic E-state index is -0.457. The number of benzene rings is 1. The van der Waals surface area contributed by atoms with Crippen molar-refractivity contribution in [2.24, 2.45) is 4.99 Å². The fourth-order valence-corrected chi connectivity index (χ4v) is 5.65. The Morgan fingerprint density at radius 1 is 1.24 bits per heavy atom. The number of H-pyrrole nitrogens is 1. The number of hydrogen-bond acceptors (Lipinski definition) is 9. The largest absolute Gasteiger partial charge is 0.378 e. The van der Waals surface area contributed by atoms with Gasteiger partial charge in [0, 0.05) is 59.6 Å². The quantitative estimate of drug-likeness (QED) is 0.455. The number of fused-ring (bicyclic) bond motifs is 2. The molecule has 1 fully saturated rings. The number of allylic oxidation sites excluding steroid dienone is 1. The Bertz CT molecular complexity index is 1390. The molecule has 0 saturated carbocycles. The van der Waals surface area contributed by atoms with E-state index < -0.39 is 6.29 Å². The summed E-state index contributed by atoms with van der Waals surface area (Å²) in [5, 5.41) is 12.4. The number of morpholine rings is 1. The number of anilines is 1. The first-order valence-corrected chi connectivity index (χ1v) is 12.1. The normalized spacial score (nSPS) is 18.6. The van der Waals surface area contributed by atoms with Crippen LogP contribution >= 0.6 is 11.3 Å². The molecule has 6 rings (SSSR count). The number of nitrogens with one attached hydrogen (secondary N) is 1. The lowest BCUT2D eigenvalue weighted by Crippen LogP contribution is -2.41. The molecule has 1 saturated heterocycles. The van der Waals surface area contributed by atoms with Crippen molar-refractivity contribution in [1.29, 1.82) is 0 Å². The molecule has 1 aromatic carbocycles. The van der Waals surface area contributed by atoms with E-state index >= 15 is 0 Å². The van der Waals surface area contributed by atoms with Gasteiger partial charge in [0.25, 0.3) is 0 Å². The van der Waals surface area contributed by atoms with E-state index in [1.54, 1.807) is 29.8 Å². The molecule has 2 aliphatic rings. The van der Waals surface area contributed by atoms with E-state index in [9.17, 15) is 5.21 Å². The maximum atomic E-state index is 10.2. The van der Waals surface area contributed by atoms with Gasteiger partial charge in [-0.3, -0.25) is 15.1 Å². The molecule has 2 aliphatic heterocycles. The van der Waals surface area contributed by atoms with Gasteiger partial charge in [-0.2, -0.15) is 0 Å². The summed E-state index contributed by atoms with van der Waals surface area (Å²) >= 11 is 1.69. The minimum Gasteiger partial charge on any atom is -0.378 e. The zero-order valence-electron chi connectivity index (χ0n) is 18.8. The van der Waals surface area contributed by atoms with Gasteiger partial charge in [0.05, 0.1) is 23.4 Å². The van der Waals surface area contributed by atoms with Crippen LogP contribution in [0.25, 0.3) is 32.5 Å². The molecule has 0 bridgehead atoms. The molecule has 3 aromatic heterocycles. The van der Waals surface area contributed by atoms with E-state index in [1.807, 2.05) is 24.2 Å². The van der Waals surface area contributed by atoms with Gasteiger partial charge in [-0.05, 0) is 31.3 Å². The fourth-order valence-electron chi connectivity index (χ4n) is 4.47. The van der Waals surface area contributed by atoms with Crippen molar-refractivity contribution in [3.8, 4) is 11.4 Å². The average molecular weight is 476 g/mol. The van der Waals surface area contributed by atoms with Gasteiger partial charge >= 0.3 is 0 Å². The predicted molar refractivity (Wildman–Crippen MR) is 134 cm³/mol. The summed E-state index contributed by atoms with van der Waals surface area (Å²) in [6.07, 6.45) is 6.51. The van der Waals surface area contributed by atoms with Crippen LogP contribution in [-0.2, 0) is 11.3 Å². The van der Waals surface area contributed by atoms with Gasteiger partial charge in [0.2, 0.25) is 6.29 Å². The monoisotopic (exact) mass is 475 g/mol. The number of hydroxylamine groups is 2. The number of thiophene rings is 1. The summed E-state index contributed by atoms with van der Waals surface area (Å²) in [7, 11) is 1.95. The van der Waals surface area contributed by atoms with Crippen LogP contribution in [0.5, 0.6) is 0 Å². The number of nitrogens with zero attached hydrogens (tertiary/aromatic N) is 6. The van der Waals surface area contributed by atoms with Gasteiger partial charge in [-0.15, -0.1) is 11.3 Å². The zero-order valence-corrected chi connectivity index (χ0v) is 19.6. The van der Waals surface area contributed by atoms with Crippen LogP contribution in [-0.4, -0.2) is 76.0 Å². The highest BCUT2D eigenvalue weighted by molar-refractivity contribution is 7.19. The molecule has 9 nitrogen and oxygen atoms in total. The van der Waals surface area contributed by atoms with E-state index in [0.717, 1.165) is 61.4 Å². The molecule has 0 amide bonds. The van der Waals surface area contributed by atoms with Crippen molar-refractivity contribution in [3.63, 3.8) is 0 Å². The van der Waals surface area contributed by atoms with Gasteiger partial charge in [-0.25, -0.2) is 15.0 Å². The third-order valence-corrected chi connectivity index (χ3v) is 7.24. The molecule has 34 heavy (non-hydrogen) atoms. The first-order chi connectivity index (χ1) is 16.7. The summed E-state index contributed by atoms with van der Waals surface area (Å²) in [5.74, 6) is 1.68. The fraction of sp³-hybridized carbons (Fsp3) is 0.292. The number of aromatic amines is 1. The summed E-state index contributed by atoms with van der Waals surface area (Å²) in [6, 6.07) is 10.4. The number of rotatable bonds is 5. The van der Waals surface area contributed by atoms with Crippen molar-refractivity contribution in [2.45, 2.75) is 12.8 Å². The highest BCUT2D eigenvalue weighted by Crippen LogP contribution is 2.36. The first kappa shape index (κ1) is 21.2.